The van der Waals surface area contributed by atoms with Gasteiger partial charge in [-0.3, -0.25) is 9.59 Å². The summed E-state index contributed by atoms with van der Waals surface area (Å²) in [6.45, 7) is 6.62. The summed E-state index contributed by atoms with van der Waals surface area (Å²) in [5.74, 6) is 1.33. The molecule has 3 aromatic rings. The first kappa shape index (κ1) is 22.8. The van der Waals surface area contributed by atoms with Gasteiger partial charge in [0, 0.05) is 24.4 Å². The Kier molecular flexibility index (Phi) is 7.80. The lowest BCUT2D eigenvalue weighted by Gasteiger charge is -2.10. The van der Waals surface area contributed by atoms with Gasteiger partial charge in [-0.05, 0) is 67.8 Å². The highest BCUT2D eigenvalue weighted by molar-refractivity contribution is 5.96. The Labute approximate surface area is 187 Å². The van der Waals surface area contributed by atoms with Gasteiger partial charge in [-0.2, -0.15) is 0 Å². The molecular weight excluding hydrogens is 406 g/mol. The molecule has 32 heavy (non-hydrogen) atoms. The molecular formula is C25H27N3O4. The first-order valence-corrected chi connectivity index (χ1v) is 10.4. The second-order valence-electron chi connectivity index (χ2n) is 7.29. The van der Waals surface area contributed by atoms with Gasteiger partial charge in [-0.25, -0.2) is 4.98 Å². The molecule has 0 aliphatic carbocycles. The van der Waals surface area contributed by atoms with Crippen LogP contribution in [0.5, 0.6) is 17.4 Å². The van der Waals surface area contributed by atoms with E-state index < -0.39 is 0 Å². The van der Waals surface area contributed by atoms with Gasteiger partial charge in [-0.1, -0.05) is 18.2 Å². The largest absolute Gasteiger partial charge is 0.494 e. The number of nitrogens with one attached hydrogen (secondary N) is 2. The Morgan fingerprint density at radius 2 is 1.75 bits per heavy atom. The number of hydrogen-bond donors (Lipinski definition) is 2. The summed E-state index contributed by atoms with van der Waals surface area (Å²) >= 11 is 0. The number of carbonyl (C=O) groups excluding carboxylic acids is 2. The zero-order chi connectivity index (χ0) is 22.9. The van der Waals surface area contributed by atoms with Crippen molar-refractivity contribution >= 4 is 11.8 Å². The van der Waals surface area contributed by atoms with Crippen molar-refractivity contribution in [2.24, 2.45) is 0 Å². The van der Waals surface area contributed by atoms with Gasteiger partial charge < -0.3 is 20.1 Å². The number of hydrogen-bond acceptors (Lipinski definition) is 5. The van der Waals surface area contributed by atoms with E-state index in [-0.39, 0.29) is 18.4 Å². The molecule has 1 heterocycles. The summed E-state index contributed by atoms with van der Waals surface area (Å²) < 4.78 is 11.2. The molecule has 2 amide bonds. The molecule has 166 valence electrons. The van der Waals surface area contributed by atoms with Crippen molar-refractivity contribution in [1.82, 2.24) is 15.6 Å². The molecule has 7 heteroatoms. The number of carbonyl (C=O) groups is 2. The fraction of sp³-hybridized carbons (Fsp3) is 0.240. The van der Waals surface area contributed by atoms with E-state index >= 15 is 0 Å². The second-order valence-corrected chi connectivity index (χ2v) is 7.29. The lowest BCUT2D eigenvalue weighted by molar-refractivity contribution is -0.120. The van der Waals surface area contributed by atoms with Gasteiger partial charge in [0.05, 0.1) is 13.2 Å². The van der Waals surface area contributed by atoms with E-state index in [4.69, 9.17) is 9.47 Å². The topological polar surface area (TPSA) is 89.5 Å². The number of benzene rings is 2. The number of aromatic nitrogens is 1. The lowest BCUT2D eigenvalue weighted by atomic mass is 10.1. The molecule has 0 aliphatic rings. The zero-order valence-corrected chi connectivity index (χ0v) is 18.5. The Hall–Kier alpha value is -3.87. The van der Waals surface area contributed by atoms with E-state index in [1.807, 2.05) is 45.0 Å². The zero-order valence-electron chi connectivity index (χ0n) is 18.5. The molecule has 0 spiro atoms. The quantitative estimate of drug-likeness (QED) is 0.534. The Morgan fingerprint density at radius 3 is 2.44 bits per heavy atom. The molecule has 3 rings (SSSR count). The predicted octanol–water partition coefficient (Wildman–Crippen LogP) is 3.94. The molecule has 1 aromatic heterocycles. The molecule has 2 N–H and O–H groups in total. The van der Waals surface area contributed by atoms with Crippen LogP contribution in [0.1, 0.15) is 34.0 Å². The van der Waals surface area contributed by atoms with Crippen LogP contribution in [0.15, 0.2) is 60.8 Å². The highest BCUT2D eigenvalue weighted by Crippen LogP contribution is 2.24. The van der Waals surface area contributed by atoms with E-state index in [0.29, 0.717) is 30.3 Å². The van der Waals surface area contributed by atoms with Crippen molar-refractivity contribution in [1.29, 1.82) is 0 Å². The van der Waals surface area contributed by atoms with Crippen LogP contribution in [0.4, 0.5) is 0 Å². The molecule has 0 atom stereocenters. The highest BCUT2D eigenvalue weighted by Gasteiger charge is 2.09. The van der Waals surface area contributed by atoms with Crippen LogP contribution in [0.2, 0.25) is 0 Å². The van der Waals surface area contributed by atoms with Crippen molar-refractivity contribution in [2.75, 3.05) is 13.2 Å². The number of ether oxygens (including phenoxy) is 2. The van der Waals surface area contributed by atoms with Crippen LogP contribution in [-0.2, 0) is 11.3 Å². The smallest absolute Gasteiger partial charge is 0.251 e. The summed E-state index contributed by atoms with van der Waals surface area (Å²) in [5, 5.41) is 5.37. The van der Waals surface area contributed by atoms with Crippen LogP contribution in [-0.4, -0.2) is 29.9 Å². The fourth-order valence-corrected chi connectivity index (χ4v) is 2.90. The average Bonchev–Trinajstić information content (AvgIpc) is 2.80. The van der Waals surface area contributed by atoms with Crippen molar-refractivity contribution in [3.63, 3.8) is 0 Å². The van der Waals surface area contributed by atoms with Crippen LogP contribution >= 0.6 is 0 Å². The van der Waals surface area contributed by atoms with Crippen molar-refractivity contribution in [3.05, 3.63) is 83.0 Å². The maximum Gasteiger partial charge on any atom is 0.251 e. The number of aryl methyl sites for hydroxylation is 2. The molecule has 0 fully saturated rings. The van der Waals surface area contributed by atoms with E-state index in [1.165, 1.54) is 0 Å². The minimum absolute atomic E-state index is 0.118. The number of nitrogens with zero attached hydrogens (tertiary/aromatic N) is 1. The van der Waals surface area contributed by atoms with E-state index in [9.17, 15) is 9.59 Å². The van der Waals surface area contributed by atoms with Crippen molar-refractivity contribution < 1.29 is 19.1 Å². The van der Waals surface area contributed by atoms with Gasteiger partial charge in [0.15, 0.2) is 0 Å². The van der Waals surface area contributed by atoms with Gasteiger partial charge in [0.1, 0.15) is 11.5 Å². The van der Waals surface area contributed by atoms with Gasteiger partial charge in [0.25, 0.3) is 5.91 Å². The van der Waals surface area contributed by atoms with Crippen LogP contribution in [0.25, 0.3) is 0 Å². The standard InChI is InChI=1S/C25H27N3O4/c1-4-31-21-10-8-20(9-11-21)25(30)28-16-23(29)26-14-19-7-12-24(27-15-19)32-22-13-17(2)5-6-18(22)3/h5-13,15H,4,14,16H2,1-3H3,(H,26,29)(H,28,30). The van der Waals surface area contributed by atoms with Crippen LogP contribution < -0.4 is 20.1 Å². The molecule has 7 nitrogen and oxygen atoms in total. The van der Waals surface area contributed by atoms with Crippen LogP contribution in [0.3, 0.4) is 0 Å². The molecule has 0 radical (unpaired) electrons. The Balaban J connectivity index is 1.44. The third-order valence-corrected chi connectivity index (χ3v) is 4.68. The first-order valence-electron chi connectivity index (χ1n) is 10.4. The normalized spacial score (nSPS) is 10.3. The second kappa shape index (κ2) is 10.9. The van der Waals surface area contributed by atoms with Crippen molar-refractivity contribution in [2.45, 2.75) is 27.3 Å². The Morgan fingerprint density at radius 1 is 0.969 bits per heavy atom. The number of pyridine rings is 1. The third kappa shape index (κ3) is 6.57. The molecule has 0 aliphatic heterocycles. The SMILES string of the molecule is CCOc1ccc(C(=O)NCC(=O)NCc2ccc(Oc3cc(C)ccc3C)nc2)cc1. The van der Waals surface area contributed by atoms with E-state index in [2.05, 4.69) is 15.6 Å². The minimum atomic E-state index is -0.321. The minimum Gasteiger partial charge on any atom is -0.494 e. The molecule has 0 saturated carbocycles. The highest BCUT2D eigenvalue weighted by atomic mass is 16.5. The molecule has 0 saturated heterocycles. The van der Waals surface area contributed by atoms with Gasteiger partial charge in [-0.15, -0.1) is 0 Å². The van der Waals surface area contributed by atoms with Gasteiger partial charge in [0.2, 0.25) is 11.8 Å². The summed E-state index contributed by atoms with van der Waals surface area (Å²) in [6, 6.07) is 16.4. The first-order chi connectivity index (χ1) is 15.4. The van der Waals surface area contributed by atoms with E-state index in [0.717, 1.165) is 22.4 Å². The third-order valence-electron chi connectivity index (χ3n) is 4.68. The number of rotatable bonds is 9. The lowest BCUT2D eigenvalue weighted by Crippen LogP contribution is -2.36. The maximum absolute atomic E-state index is 12.2. The summed E-state index contributed by atoms with van der Waals surface area (Å²) in [4.78, 5) is 28.6. The fourth-order valence-electron chi connectivity index (χ4n) is 2.90. The molecule has 2 aromatic carbocycles. The average molecular weight is 434 g/mol. The van der Waals surface area contributed by atoms with Gasteiger partial charge >= 0.3 is 0 Å². The molecule has 0 unspecified atom stereocenters. The van der Waals surface area contributed by atoms with Crippen LogP contribution in [0, 0.1) is 13.8 Å². The molecule has 0 bridgehead atoms. The van der Waals surface area contributed by atoms with E-state index in [1.54, 1.807) is 36.5 Å². The van der Waals surface area contributed by atoms with Crippen molar-refractivity contribution in [3.8, 4) is 17.4 Å². The monoisotopic (exact) mass is 433 g/mol. The summed E-state index contributed by atoms with van der Waals surface area (Å²) in [5.41, 5.74) is 3.43. The maximum atomic E-state index is 12.2. The predicted molar refractivity (Wildman–Crippen MR) is 122 cm³/mol. The Bertz CT molecular complexity index is 1060. The number of amides is 2. The summed E-state index contributed by atoms with van der Waals surface area (Å²) in [7, 11) is 0. The summed E-state index contributed by atoms with van der Waals surface area (Å²) in [6.07, 6.45) is 1.65.